The molecule has 3 rings (SSSR count). The molecule has 0 saturated carbocycles. The van der Waals surface area contributed by atoms with E-state index in [0.717, 1.165) is 18.1 Å². The highest BCUT2D eigenvalue weighted by molar-refractivity contribution is 7.09. The maximum absolute atomic E-state index is 11.5. The van der Waals surface area contributed by atoms with E-state index in [1.807, 2.05) is 18.5 Å². The van der Waals surface area contributed by atoms with Crippen LogP contribution in [0.1, 0.15) is 22.6 Å². The van der Waals surface area contributed by atoms with Crippen LogP contribution < -0.4 is 5.56 Å². The van der Waals surface area contributed by atoms with Crippen LogP contribution in [0.4, 0.5) is 0 Å². The van der Waals surface area contributed by atoms with Crippen molar-refractivity contribution in [2.75, 3.05) is 19.7 Å². The molecule has 3 heterocycles. The van der Waals surface area contributed by atoms with Gasteiger partial charge in [0.05, 0.1) is 13.2 Å². The number of thiazole rings is 1. The predicted octanol–water partition coefficient (Wildman–Crippen LogP) is 1.11. The number of rotatable bonds is 3. The van der Waals surface area contributed by atoms with Crippen LogP contribution in [0.2, 0.25) is 0 Å². The van der Waals surface area contributed by atoms with Crippen molar-refractivity contribution in [2.24, 2.45) is 0 Å². The lowest BCUT2D eigenvalue weighted by Gasteiger charge is -2.31. The normalized spacial score (nSPS) is 20.1. The van der Waals surface area contributed by atoms with Crippen LogP contribution in [0, 0.1) is 6.92 Å². The van der Waals surface area contributed by atoms with E-state index in [-0.39, 0.29) is 11.7 Å². The van der Waals surface area contributed by atoms with Crippen LogP contribution in [0.3, 0.4) is 0 Å². The molecule has 2 aromatic rings. The Morgan fingerprint density at radius 3 is 3.25 bits per heavy atom. The van der Waals surface area contributed by atoms with Crippen molar-refractivity contribution in [1.82, 2.24) is 19.9 Å². The molecule has 0 bridgehead atoms. The zero-order chi connectivity index (χ0) is 13.9. The Balaban J connectivity index is 1.72. The van der Waals surface area contributed by atoms with Gasteiger partial charge in [-0.3, -0.25) is 9.69 Å². The summed E-state index contributed by atoms with van der Waals surface area (Å²) >= 11 is 1.65. The van der Waals surface area contributed by atoms with E-state index in [2.05, 4.69) is 19.9 Å². The van der Waals surface area contributed by atoms with Gasteiger partial charge in [-0.2, -0.15) is 0 Å². The molecule has 1 N–H and O–H groups in total. The fraction of sp³-hybridized carbons (Fsp3) is 0.462. The van der Waals surface area contributed by atoms with Gasteiger partial charge < -0.3 is 9.72 Å². The lowest BCUT2D eigenvalue weighted by molar-refractivity contribution is -0.0374. The minimum atomic E-state index is -0.184. The molecule has 20 heavy (non-hydrogen) atoms. The summed E-state index contributed by atoms with van der Waals surface area (Å²) in [5, 5.41) is 3.07. The average molecular weight is 292 g/mol. The first kappa shape index (κ1) is 13.4. The Labute approximate surface area is 120 Å². The first-order valence-electron chi connectivity index (χ1n) is 6.51. The maximum Gasteiger partial charge on any atom is 0.251 e. The van der Waals surface area contributed by atoms with Gasteiger partial charge in [0.2, 0.25) is 0 Å². The van der Waals surface area contributed by atoms with Gasteiger partial charge in [0.15, 0.2) is 0 Å². The maximum atomic E-state index is 11.5. The highest BCUT2D eigenvalue weighted by Crippen LogP contribution is 2.20. The van der Waals surface area contributed by atoms with Crippen LogP contribution in [0.5, 0.6) is 0 Å². The van der Waals surface area contributed by atoms with E-state index in [0.29, 0.717) is 24.7 Å². The number of aromatic amines is 1. The van der Waals surface area contributed by atoms with E-state index in [9.17, 15) is 4.79 Å². The fourth-order valence-corrected chi connectivity index (χ4v) is 2.95. The summed E-state index contributed by atoms with van der Waals surface area (Å²) in [5.74, 6) is 0.610. The van der Waals surface area contributed by atoms with E-state index in [4.69, 9.17) is 4.74 Å². The highest BCUT2D eigenvalue weighted by atomic mass is 32.1. The van der Waals surface area contributed by atoms with Crippen LogP contribution in [-0.4, -0.2) is 39.5 Å². The number of nitrogens with one attached hydrogen (secondary N) is 1. The number of nitrogens with zero attached hydrogens (tertiary/aromatic N) is 3. The third-order valence-electron chi connectivity index (χ3n) is 3.19. The molecule has 0 radical (unpaired) electrons. The lowest BCUT2D eigenvalue weighted by Crippen LogP contribution is -2.38. The number of aryl methyl sites for hydroxylation is 1. The van der Waals surface area contributed by atoms with Gasteiger partial charge in [-0.15, -0.1) is 11.3 Å². The summed E-state index contributed by atoms with van der Waals surface area (Å²) in [6.45, 7) is 4.84. The van der Waals surface area contributed by atoms with Gasteiger partial charge in [0.25, 0.3) is 5.56 Å². The molecular formula is C13H16N4O2S. The first-order chi connectivity index (χ1) is 9.70. The topological polar surface area (TPSA) is 71.1 Å². The van der Waals surface area contributed by atoms with Gasteiger partial charge >= 0.3 is 0 Å². The molecule has 2 aromatic heterocycles. The molecule has 106 valence electrons. The average Bonchev–Trinajstić information content (AvgIpc) is 2.91. The van der Waals surface area contributed by atoms with Crippen molar-refractivity contribution in [3.8, 4) is 0 Å². The fourth-order valence-electron chi connectivity index (χ4n) is 2.29. The van der Waals surface area contributed by atoms with Gasteiger partial charge in [-0.1, -0.05) is 0 Å². The summed E-state index contributed by atoms with van der Waals surface area (Å²) in [5.41, 5.74) is 0.581. The van der Waals surface area contributed by atoms with Gasteiger partial charge in [-0.05, 0) is 6.92 Å². The van der Waals surface area contributed by atoms with Crippen molar-refractivity contribution >= 4 is 11.3 Å². The van der Waals surface area contributed by atoms with Crippen molar-refractivity contribution < 1.29 is 4.74 Å². The SMILES string of the molecule is Cc1cc(=O)[nH]c(C2CN(Cc3nccs3)CCO2)n1. The number of aromatic nitrogens is 3. The zero-order valence-corrected chi connectivity index (χ0v) is 12.0. The van der Waals surface area contributed by atoms with Crippen LogP contribution >= 0.6 is 11.3 Å². The van der Waals surface area contributed by atoms with Gasteiger partial charge in [0.1, 0.15) is 16.9 Å². The minimum absolute atomic E-state index is 0.131. The molecule has 1 fully saturated rings. The van der Waals surface area contributed by atoms with Crippen molar-refractivity contribution in [1.29, 1.82) is 0 Å². The summed E-state index contributed by atoms with van der Waals surface area (Å²) < 4.78 is 5.73. The number of morpholine rings is 1. The zero-order valence-electron chi connectivity index (χ0n) is 11.2. The molecule has 1 atom stereocenters. The van der Waals surface area contributed by atoms with E-state index in [1.54, 1.807) is 11.3 Å². The number of hydrogen-bond donors (Lipinski definition) is 1. The summed E-state index contributed by atoms with van der Waals surface area (Å²) in [7, 11) is 0. The van der Waals surface area contributed by atoms with E-state index < -0.39 is 0 Å². The molecule has 1 unspecified atom stereocenters. The molecule has 0 spiro atoms. The van der Waals surface area contributed by atoms with E-state index >= 15 is 0 Å². The Hall–Kier alpha value is -1.57. The largest absolute Gasteiger partial charge is 0.368 e. The third-order valence-corrected chi connectivity index (χ3v) is 3.95. The standard InChI is InChI=1S/C13H16N4O2S/c1-9-6-11(18)16-13(15-9)10-7-17(3-4-19-10)8-12-14-2-5-20-12/h2,5-6,10H,3-4,7-8H2,1H3,(H,15,16,18). The summed E-state index contributed by atoms with van der Waals surface area (Å²) in [6, 6.07) is 1.49. The Kier molecular flexibility index (Phi) is 3.90. The third kappa shape index (κ3) is 3.12. The number of ether oxygens (including phenoxy) is 1. The predicted molar refractivity (Wildman–Crippen MR) is 75.7 cm³/mol. The van der Waals surface area contributed by atoms with Crippen molar-refractivity contribution in [2.45, 2.75) is 19.6 Å². The molecule has 1 aliphatic rings. The Morgan fingerprint density at radius 2 is 2.50 bits per heavy atom. The molecule has 0 amide bonds. The van der Waals surface area contributed by atoms with Crippen molar-refractivity contribution in [3.05, 3.63) is 44.5 Å². The van der Waals surface area contributed by atoms with Crippen LogP contribution in [0.25, 0.3) is 0 Å². The lowest BCUT2D eigenvalue weighted by atomic mass is 10.2. The summed E-state index contributed by atoms with van der Waals surface area (Å²) in [4.78, 5) is 25.2. The number of hydrogen-bond acceptors (Lipinski definition) is 6. The molecule has 7 heteroatoms. The second kappa shape index (κ2) is 5.82. The molecule has 6 nitrogen and oxygen atoms in total. The molecule has 0 aliphatic carbocycles. The van der Waals surface area contributed by atoms with Crippen LogP contribution in [0.15, 0.2) is 22.4 Å². The minimum Gasteiger partial charge on any atom is -0.368 e. The molecule has 0 aromatic carbocycles. The second-order valence-corrected chi connectivity index (χ2v) is 5.77. The smallest absolute Gasteiger partial charge is 0.251 e. The first-order valence-corrected chi connectivity index (χ1v) is 7.39. The monoisotopic (exact) mass is 292 g/mol. The van der Waals surface area contributed by atoms with Crippen molar-refractivity contribution in [3.63, 3.8) is 0 Å². The highest BCUT2D eigenvalue weighted by Gasteiger charge is 2.24. The van der Waals surface area contributed by atoms with E-state index in [1.165, 1.54) is 6.07 Å². The number of H-pyrrole nitrogens is 1. The molecular weight excluding hydrogens is 276 g/mol. The summed E-state index contributed by atoms with van der Waals surface area (Å²) in [6.07, 6.45) is 1.63. The molecule has 1 saturated heterocycles. The van der Waals surface area contributed by atoms with Gasteiger partial charge in [-0.25, -0.2) is 9.97 Å². The quantitative estimate of drug-likeness (QED) is 0.917. The van der Waals surface area contributed by atoms with Crippen LogP contribution in [-0.2, 0) is 11.3 Å². The molecule has 1 aliphatic heterocycles. The van der Waals surface area contributed by atoms with Gasteiger partial charge in [0, 0.05) is 36.4 Å². The second-order valence-electron chi connectivity index (χ2n) is 4.79. The Morgan fingerprint density at radius 1 is 1.60 bits per heavy atom. The Bertz CT molecular complexity index is 626.